The van der Waals surface area contributed by atoms with Crippen molar-refractivity contribution in [3.8, 4) is 0 Å². The summed E-state index contributed by atoms with van der Waals surface area (Å²) in [5.41, 5.74) is 4.66. The molecule has 5 rings (SSSR count). The molecular weight excluding hydrogens is 428 g/mol. The summed E-state index contributed by atoms with van der Waals surface area (Å²) >= 11 is 6.31. The summed E-state index contributed by atoms with van der Waals surface area (Å²) in [4.78, 5) is 12.7. The molecule has 0 fully saturated rings. The lowest BCUT2D eigenvalue weighted by atomic mass is 9.80. The fourth-order valence-corrected chi connectivity index (χ4v) is 5.12. The van der Waals surface area contributed by atoms with Crippen molar-refractivity contribution in [2.45, 2.75) is 51.4 Å². The number of aryl methyl sites for hydroxylation is 3. The third kappa shape index (κ3) is 3.69. The van der Waals surface area contributed by atoms with Crippen molar-refractivity contribution < 1.29 is 8.78 Å². The molecule has 1 unspecified atom stereocenters. The lowest BCUT2D eigenvalue weighted by molar-refractivity contribution is 0.459. The Labute approximate surface area is 190 Å². The van der Waals surface area contributed by atoms with Gasteiger partial charge in [0.15, 0.2) is 11.6 Å². The first-order chi connectivity index (χ1) is 15.4. The second-order valence-corrected chi connectivity index (χ2v) is 9.16. The van der Waals surface area contributed by atoms with E-state index in [-0.39, 0.29) is 11.8 Å². The van der Waals surface area contributed by atoms with Crippen molar-refractivity contribution in [2.75, 3.05) is 0 Å². The lowest BCUT2D eigenvalue weighted by Gasteiger charge is -2.26. The van der Waals surface area contributed by atoms with Crippen LogP contribution in [0.2, 0.25) is 5.02 Å². The van der Waals surface area contributed by atoms with E-state index in [9.17, 15) is 4.39 Å². The van der Waals surface area contributed by atoms with Crippen molar-refractivity contribution in [1.29, 1.82) is 0 Å². The standard InChI is InChI=1S/C26H24ClF2N3/c1-14-3-7-18(24(29)23(14)28)19-8-4-16(26-30-12-11-15(2)31-26)5-9-20-21-13-17(27)6-10-22(21)32-25(19)20/h3,6-7,10-13,16,19,32H,4-5,8-9H2,1-2H3/t16?,19-/m1/s1. The molecule has 0 amide bonds. The zero-order valence-electron chi connectivity index (χ0n) is 18.1. The number of fused-ring (bicyclic) bond motifs is 3. The average Bonchev–Trinajstić information content (AvgIpc) is 3.10. The summed E-state index contributed by atoms with van der Waals surface area (Å²) in [6.07, 6.45) is 4.91. The van der Waals surface area contributed by atoms with Gasteiger partial charge in [0, 0.05) is 45.3 Å². The number of benzene rings is 2. The maximum Gasteiger partial charge on any atom is 0.162 e. The van der Waals surface area contributed by atoms with E-state index in [1.54, 1.807) is 25.3 Å². The van der Waals surface area contributed by atoms with Crippen molar-refractivity contribution in [3.05, 3.63) is 93.2 Å². The number of halogens is 3. The topological polar surface area (TPSA) is 41.6 Å². The molecule has 0 aliphatic heterocycles. The predicted molar refractivity (Wildman–Crippen MR) is 123 cm³/mol. The normalized spacial score (nSPS) is 18.9. The smallest absolute Gasteiger partial charge is 0.162 e. The van der Waals surface area contributed by atoms with Gasteiger partial charge in [0.2, 0.25) is 0 Å². The highest BCUT2D eigenvalue weighted by Crippen LogP contribution is 2.42. The predicted octanol–water partition coefficient (Wildman–Crippen LogP) is 7.15. The minimum Gasteiger partial charge on any atom is -0.358 e. The second-order valence-electron chi connectivity index (χ2n) is 8.73. The van der Waals surface area contributed by atoms with E-state index in [0.29, 0.717) is 22.6 Å². The van der Waals surface area contributed by atoms with Gasteiger partial charge in [0.1, 0.15) is 5.82 Å². The summed E-state index contributed by atoms with van der Waals surface area (Å²) < 4.78 is 29.7. The van der Waals surface area contributed by atoms with Gasteiger partial charge in [-0.05, 0) is 80.5 Å². The van der Waals surface area contributed by atoms with Gasteiger partial charge < -0.3 is 4.98 Å². The zero-order chi connectivity index (χ0) is 22.4. The molecular formula is C26H24ClF2N3. The highest BCUT2D eigenvalue weighted by atomic mass is 35.5. The molecule has 32 heavy (non-hydrogen) atoms. The summed E-state index contributed by atoms with van der Waals surface area (Å²) in [6, 6.07) is 11.0. The lowest BCUT2D eigenvalue weighted by Crippen LogP contribution is -2.15. The summed E-state index contributed by atoms with van der Waals surface area (Å²) in [5.74, 6) is -0.863. The minimum atomic E-state index is -0.774. The highest BCUT2D eigenvalue weighted by Gasteiger charge is 2.30. The van der Waals surface area contributed by atoms with E-state index in [1.165, 1.54) is 0 Å². The van der Waals surface area contributed by atoms with Crippen molar-refractivity contribution >= 4 is 22.5 Å². The van der Waals surface area contributed by atoms with Crippen LogP contribution in [0, 0.1) is 25.5 Å². The average molecular weight is 452 g/mol. The number of rotatable bonds is 2. The summed E-state index contributed by atoms with van der Waals surface area (Å²) in [7, 11) is 0. The molecule has 1 aliphatic carbocycles. The Morgan fingerprint density at radius 3 is 2.66 bits per heavy atom. The maximum atomic E-state index is 15.1. The first-order valence-electron chi connectivity index (χ1n) is 11.0. The van der Waals surface area contributed by atoms with E-state index >= 15 is 4.39 Å². The summed E-state index contributed by atoms with van der Waals surface area (Å²) in [5, 5.41) is 1.69. The quantitative estimate of drug-likeness (QED) is 0.351. The van der Waals surface area contributed by atoms with Crippen LogP contribution in [0.3, 0.4) is 0 Å². The molecule has 2 heterocycles. The molecule has 164 valence electrons. The number of nitrogens with one attached hydrogen (secondary N) is 1. The minimum absolute atomic E-state index is 0.146. The van der Waals surface area contributed by atoms with Crippen LogP contribution in [-0.4, -0.2) is 15.0 Å². The molecule has 0 spiro atoms. The number of aromatic amines is 1. The number of nitrogens with zero attached hydrogens (tertiary/aromatic N) is 2. The van der Waals surface area contributed by atoms with Gasteiger partial charge in [-0.15, -0.1) is 0 Å². The Morgan fingerprint density at radius 1 is 1.00 bits per heavy atom. The molecule has 3 nitrogen and oxygen atoms in total. The number of hydrogen-bond donors (Lipinski definition) is 1. The molecule has 0 saturated heterocycles. The van der Waals surface area contributed by atoms with E-state index in [0.717, 1.165) is 52.9 Å². The maximum absolute atomic E-state index is 15.1. The van der Waals surface area contributed by atoms with Gasteiger partial charge in [-0.1, -0.05) is 23.7 Å². The van der Waals surface area contributed by atoms with E-state index in [4.69, 9.17) is 11.6 Å². The Morgan fingerprint density at radius 2 is 1.84 bits per heavy atom. The van der Waals surface area contributed by atoms with Crippen LogP contribution >= 0.6 is 11.6 Å². The van der Waals surface area contributed by atoms with Crippen LogP contribution in [0.1, 0.15) is 65.0 Å². The van der Waals surface area contributed by atoms with Crippen molar-refractivity contribution in [3.63, 3.8) is 0 Å². The van der Waals surface area contributed by atoms with Gasteiger partial charge in [0.05, 0.1) is 0 Å². The van der Waals surface area contributed by atoms with E-state index < -0.39 is 11.6 Å². The summed E-state index contributed by atoms with van der Waals surface area (Å²) in [6.45, 7) is 3.54. The van der Waals surface area contributed by atoms with Crippen LogP contribution in [0.4, 0.5) is 8.78 Å². The molecule has 0 radical (unpaired) electrons. The Hall–Kier alpha value is -2.79. The number of H-pyrrole nitrogens is 1. The van der Waals surface area contributed by atoms with E-state index in [1.807, 2.05) is 31.2 Å². The molecule has 6 heteroatoms. The van der Waals surface area contributed by atoms with Gasteiger partial charge >= 0.3 is 0 Å². The van der Waals surface area contributed by atoms with E-state index in [2.05, 4.69) is 15.0 Å². The first kappa shape index (κ1) is 21.1. The Bertz CT molecular complexity index is 1310. The van der Waals surface area contributed by atoms with Gasteiger partial charge in [-0.25, -0.2) is 18.7 Å². The molecule has 0 saturated carbocycles. The molecule has 4 aromatic rings. The number of hydrogen-bond acceptors (Lipinski definition) is 2. The first-order valence-corrected chi connectivity index (χ1v) is 11.3. The van der Waals surface area contributed by atoms with Gasteiger partial charge in [-0.2, -0.15) is 0 Å². The van der Waals surface area contributed by atoms with Crippen LogP contribution < -0.4 is 0 Å². The molecule has 0 bridgehead atoms. The Balaban J connectivity index is 1.66. The Kier molecular flexibility index (Phi) is 5.46. The monoisotopic (exact) mass is 451 g/mol. The molecule has 1 N–H and O–H groups in total. The largest absolute Gasteiger partial charge is 0.358 e. The van der Waals surface area contributed by atoms with Crippen molar-refractivity contribution in [2.24, 2.45) is 0 Å². The molecule has 1 aliphatic rings. The zero-order valence-corrected chi connectivity index (χ0v) is 18.8. The molecule has 2 atom stereocenters. The van der Waals surface area contributed by atoms with Crippen LogP contribution in [0.5, 0.6) is 0 Å². The highest BCUT2D eigenvalue weighted by molar-refractivity contribution is 6.31. The number of aromatic nitrogens is 3. The SMILES string of the molecule is Cc1ccnc(C2CCc3c([nH]c4ccc(Cl)cc34)[C@@H](c3ccc(C)c(F)c3F)CC2)n1. The van der Waals surface area contributed by atoms with Gasteiger partial charge in [-0.3, -0.25) is 0 Å². The molecule has 2 aromatic carbocycles. The van der Waals surface area contributed by atoms with Crippen LogP contribution in [0.25, 0.3) is 10.9 Å². The second kappa shape index (κ2) is 8.28. The molecule has 2 aromatic heterocycles. The van der Waals surface area contributed by atoms with Crippen LogP contribution in [-0.2, 0) is 6.42 Å². The van der Waals surface area contributed by atoms with Gasteiger partial charge in [0.25, 0.3) is 0 Å². The van der Waals surface area contributed by atoms with Crippen molar-refractivity contribution in [1.82, 2.24) is 15.0 Å². The van der Waals surface area contributed by atoms with Crippen LogP contribution in [0.15, 0.2) is 42.6 Å². The fourth-order valence-electron chi connectivity index (χ4n) is 4.95. The third-order valence-corrected chi connectivity index (χ3v) is 6.89. The fraction of sp³-hybridized carbons (Fsp3) is 0.308. The third-order valence-electron chi connectivity index (χ3n) is 6.66.